The van der Waals surface area contributed by atoms with E-state index in [1.807, 2.05) is 0 Å². The monoisotopic (exact) mass is 180 g/mol. The summed E-state index contributed by atoms with van der Waals surface area (Å²) in [5, 5.41) is 0. The molecule has 1 rings (SSSR count). The lowest BCUT2D eigenvalue weighted by atomic mass is 10.2. The fraction of sp³-hybridized carbons (Fsp3) is 0.200. The van der Waals surface area contributed by atoms with Crippen molar-refractivity contribution in [2.24, 2.45) is 0 Å². The van der Waals surface area contributed by atoms with Crippen LogP contribution in [0, 0.1) is 17.7 Å². The van der Waals surface area contributed by atoms with Crippen molar-refractivity contribution in [1.29, 1.82) is 0 Å². The van der Waals surface area contributed by atoms with E-state index in [2.05, 4.69) is 24.5 Å². The lowest BCUT2D eigenvalue weighted by Gasteiger charge is -1.88. The minimum absolute atomic E-state index is 0.243. The molecule has 0 fully saturated rings. The van der Waals surface area contributed by atoms with Crippen LogP contribution in [-0.4, -0.2) is 5.75 Å². The van der Waals surface area contributed by atoms with Gasteiger partial charge in [0.05, 0.1) is 0 Å². The zero-order valence-corrected chi connectivity index (χ0v) is 7.44. The first-order chi connectivity index (χ1) is 5.83. The van der Waals surface area contributed by atoms with Gasteiger partial charge in [0.1, 0.15) is 5.82 Å². The van der Waals surface area contributed by atoms with Crippen molar-refractivity contribution in [1.82, 2.24) is 0 Å². The number of hydrogen-bond acceptors (Lipinski definition) is 1. The van der Waals surface area contributed by atoms with E-state index in [9.17, 15) is 4.39 Å². The largest absolute Gasteiger partial charge is 0.207 e. The third kappa shape index (κ3) is 2.98. The molecule has 0 aromatic heterocycles. The molecule has 0 aliphatic rings. The summed E-state index contributed by atoms with van der Waals surface area (Å²) in [7, 11) is 0. The van der Waals surface area contributed by atoms with Crippen LogP contribution in [0.15, 0.2) is 24.3 Å². The maximum absolute atomic E-state index is 12.6. The van der Waals surface area contributed by atoms with Gasteiger partial charge in [0.15, 0.2) is 0 Å². The molecule has 2 heteroatoms. The number of benzene rings is 1. The second-order valence-electron chi connectivity index (χ2n) is 2.29. The van der Waals surface area contributed by atoms with E-state index in [0.29, 0.717) is 0 Å². The Labute approximate surface area is 77.2 Å². The first-order valence-electron chi connectivity index (χ1n) is 3.68. The van der Waals surface area contributed by atoms with Crippen LogP contribution in [0.3, 0.4) is 0 Å². The van der Waals surface area contributed by atoms with Crippen LogP contribution in [0.1, 0.15) is 12.0 Å². The molecule has 1 aromatic rings. The first-order valence-corrected chi connectivity index (χ1v) is 4.31. The molecule has 0 unspecified atom stereocenters. The number of thiol groups is 1. The zero-order valence-electron chi connectivity index (χ0n) is 6.55. The van der Waals surface area contributed by atoms with E-state index in [-0.39, 0.29) is 5.82 Å². The summed E-state index contributed by atoms with van der Waals surface area (Å²) in [5.74, 6) is 6.23. The predicted octanol–water partition coefficient (Wildman–Crippen LogP) is 2.50. The highest BCUT2D eigenvalue weighted by molar-refractivity contribution is 7.80. The summed E-state index contributed by atoms with van der Waals surface area (Å²) in [6, 6.07) is 6.27. The van der Waals surface area contributed by atoms with Crippen molar-refractivity contribution >= 4 is 12.6 Å². The second kappa shape index (κ2) is 4.84. The van der Waals surface area contributed by atoms with Crippen LogP contribution in [0.5, 0.6) is 0 Å². The van der Waals surface area contributed by atoms with Crippen molar-refractivity contribution in [3.8, 4) is 11.8 Å². The molecule has 12 heavy (non-hydrogen) atoms. The van der Waals surface area contributed by atoms with E-state index in [1.165, 1.54) is 12.1 Å². The van der Waals surface area contributed by atoms with Gasteiger partial charge in [-0.2, -0.15) is 12.6 Å². The zero-order chi connectivity index (χ0) is 8.81. The van der Waals surface area contributed by atoms with Crippen molar-refractivity contribution in [3.63, 3.8) is 0 Å². The summed E-state index contributed by atoms with van der Waals surface area (Å²) < 4.78 is 12.6. The number of rotatable bonds is 1. The minimum Gasteiger partial charge on any atom is -0.207 e. The van der Waals surface area contributed by atoms with Gasteiger partial charge in [0.25, 0.3) is 0 Å². The predicted molar refractivity (Wildman–Crippen MR) is 51.7 cm³/mol. The smallest absolute Gasteiger partial charge is 0.124 e. The molecule has 0 aliphatic carbocycles. The van der Waals surface area contributed by atoms with Crippen molar-refractivity contribution in [2.75, 3.05) is 5.75 Å². The highest BCUT2D eigenvalue weighted by atomic mass is 32.1. The number of halogens is 1. The SMILES string of the molecule is Fc1cccc(C#CCCS)c1. The maximum atomic E-state index is 12.6. The van der Waals surface area contributed by atoms with E-state index in [0.717, 1.165) is 17.7 Å². The Hall–Kier alpha value is -0.940. The third-order valence-electron chi connectivity index (χ3n) is 1.29. The fourth-order valence-electron chi connectivity index (χ4n) is 0.787. The first kappa shape index (κ1) is 9.15. The Morgan fingerprint density at radius 3 is 2.92 bits per heavy atom. The fourth-order valence-corrected chi connectivity index (χ4v) is 0.899. The molecule has 0 heterocycles. The van der Waals surface area contributed by atoms with Crippen molar-refractivity contribution < 1.29 is 4.39 Å². The van der Waals surface area contributed by atoms with Crippen LogP contribution in [-0.2, 0) is 0 Å². The average Bonchev–Trinajstić information content (AvgIpc) is 2.05. The van der Waals surface area contributed by atoms with Gasteiger partial charge in [-0.05, 0) is 18.2 Å². The Kier molecular flexibility index (Phi) is 3.69. The summed E-state index contributed by atoms with van der Waals surface area (Å²) in [4.78, 5) is 0. The Balaban J connectivity index is 2.71. The quantitative estimate of drug-likeness (QED) is 0.498. The second-order valence-corrected chi connectivity index (χ2v) is 2.73. The molecule has 0 saturated heterocycles. The number of hydrogen-bond donors (Lipinski definition) is 1. The van der Waals surface area contributed by atoms with E-state index >= 15 is 0 Å². The molecule has 0 saturated carbocycles. The molecule has 0 amide bonds. The molecule has 0 aliphatic heterocycles. The normalized spacial score (nSPS) is 8.83. The highest BCUT2D eigenvalue weighted by Crippen LogP contribution is 2.01. The molecule has 0 bridgehead atoms. The van der Waals surface area contributed by atoms with E-state index < -0.39 is 0 Å². The van der Waals surface area contributed by atoms with Gasteiger partial charge >= 0.3 is 0 Å². The van der Waals surface area contributed by atoms with Gasteiger partial charge in [-0.15, -0.1) is 0 Å². The van der Waals surface area contributed by atoms with Gasteiger partial charge in [-0.25, -0.2) is 4.39 Å². The van der Waals surface area contributed by atoms with Gasteiger partial charge in [-0.1, -0.05) is 17.9 Å². The average molecular weight is 180 g/mol. The summed E-state index contributed by atoms with van der Waals surface area (Å²) in [6.07, 6.45) is 0.736. The van der Waals surface area contributed by atoms with Gasteiger partial charge in [-0.3, -0.25) is 0 Å². The molecule has 0 nitrogen and oxygen atoms in total. The van der Waals surface area contributed by atoms with Crippen molar-refractivity contribution in [3.05, 3.63) is 35.6 Å². The van der Waals surface area contributed by atoms with Gasteiger partial charge < -0.3 is 0 Å². The molecule has 0 N–H and O–H groups in total. The van der Waals surface area contributed by atoms with Crippen LogP contribution >= 0.6 is 12.6 Å². The minimum atomic E-state index is -0.243. The van der Waals surface area contributed by atoms with Crippen LogP contribution in [0.25, 0.3) is 0 Å². The van der Waals surface area contributed by atoms with Crippen LogP contribution < -0.4 is 0 Å². The van der Waals surface area contributed by atoms with Gasteiger partial charge in [0.2, 0.25) is 0 Å². The molecule has 0 radical (unpaired) electrons. The molecular formula is C10H9FS. The van der Waals surface area contributed by atoms with Gasteiger partial charge in [0, 0.05) is 17.7 Å². The molecule has 0 atom stereocenters. The Morgan fingerprint density at radius 1 is 1.42 bits per heavy atom. The molecule has 0 spiro atoms. The third-order valence-corrected chi connectivity index (χ3v) is 1.52. The molecule has 62 valence electrons. The standard InChI is InChI=1S/C10H9FS/c11-10-6-3-5-9(8-10)4-1-2-7-12/h3,5-6,8,12H,2,7H2. The molecule has 1 aromatic carbocycles. The Morgan fingerprint density at radius 2 is 2.25 bits per heavy atom. The lowest BCUT2D eigenvalue weighted by Crippen LogP contribution is -1.77. The topological polar surface area (TPSA) is 0 Å². The highest BCUT2D eigenvalue weighted by Gasteiger charge is 1.88. The molecular weight excluding hydrogens is 171 g/mol. The van der Waals surface area contributed by atoms with Crippen LogP contribution in [0.4, 0.5) is 4.39 Å². The lowest BCUT2D eigenvalue weighted by molar-refractivity contribution is 0.627. The summed E-state index contributed by atoms with van der Waals surface area (Å²) >= 11 is 4.01. The van der Waals surface area contributed by atoms with E-state index in [4.69, 9.17) is 0 Å². The van der Waals surface area contributed by atoms with Crippen molar-refractivity contribution in [2.45, 2.75) is 6.42 Å². The Bertz CT molecular complexity index is 309. The van der Waals surface area contributed by atoms with E-state index in [1.54, 1.807) is 12.1 Å². The summed E-state index contributed by atoms with van der Waals surface area (Å²) in [6.45, 7) is 0. The van der Waals surface area contributed by atoms with Crippen LogP contribution in [0.2, 0.25) is 0 Å². The summed E-state index contributed by atoms with van der Waals surface area (Å²) in [5.41, 5.74) is 0.719. The maximum Gasteiger partial charge on any atom is 0.124 e.